The number of amides is 1. The molecule has 0 aliphatic heterocycles. The van der Waals surface area contributed by atoms with E-state index < -0.39 is 0 Å². The van der Waals surface area contributed by atoms with Gasteiger partial charge in [-0.15, -0.1) is 11.8 Å². The van der Waals surface area contributed by atoms with Crippen LogP contribution in [0.1, 0.15) is 64.3 Å². The van der Waals surface area contributed by atoms with E-state index >= 15 is 0 Å². The molecule has 29 heavy (non-hydrogen) atoms. The Hall–Kier alpha value is -2.53. The lowest BCUT2D eigenvalue weighted by Gasteiger charge is -2.20. The molecule has 1 unspecified atom stereocenters. The molecule has 1 amide bonds. The Morgan fingerprint density at radius 2 is 1.93 bits per heavy atom. The molecular weight excluding hydrogens is 380 g/mol. The van der Waals surface area contributed by atoms with Crippen molar-refractivity contribution < 1.29 is 9.32 Å². The van der Waals surface area contributed by atoms with Crippen molar-refractivity contribution in [2.75, 3.05) is 0 Å². The minimum absolute atomic E-state index is 0.0373. The molecule has 0 spiro atoms. The Kier molecular flexibility index (Phi) is 6.05. The lowest BCUT2D eigenvalue weighted by atomic mass is 9.89. The van der Waals surface area contributed by atoms with Crippen molar-refractivity contribution >= 4 is 17.7 Å². The first-order chi connectivity index (χ1) is 14.1. The van der Waals surface area contributed by atoms with E-state index in [1.807, 2.05) is 37.3 Å². The molecule has 0 radical (unpaired) electrons. The number of aryl methyl sites for hydroxylation is 3. The molecule has 1 aromatic heterocycles. The van der Waals surface area contributed by atoms with Gasteiger partial charge < -0.3 is 9.84 Å². The Balaban J connectivity index is 1.45. The van der Waals surface area contributed by atoms with E-state index in [1.54, 1.807) is 11.8 Å². The summed E-state index contributed by atoms with van der Waals surface area (Å²) in [7, 11) is 0. The molecule has 0 saturated heterocycles. The maximum atomic E-state index is 13.0. The van der Waals surface area contributed by atoms with Gasteiger partial charge in [0.1, 0.15) is 5.76 Å². The topological polar surface area (TPSA) is 55.1 Å². The molecule has 3 aromatic rings. The fourth-order valence-electron chi connectivity index (χ4n) is 3.79. The Morgan fingerprint density at radius 3 is 2.72 bits per heavy atom. The zero-order chi connectivity index (χ0) is 20.2. The average Bonchev–Trinajstić information content (AvgIpc) is 3.17. The van der Waals surface area contributed by atoms with E-state index in [4.69, 9.17) is 4.52 Å². The first-order valence-electron chi connectivity index (χ1n) is 10.2. The van der Waals surface area contributed by atoms with E-state index in [0.717, 1.165) is 22.8 Å². The molecule has 150 valence electrons. The van der Waals surface area contributed by atoms with Crippen LogP contribution >= 0.6 is 11.8 Å². The lowest BCUT2D eigenvalue weighted by molar-refractivity contribution is 0.0937. The number of carbonyl (C=O) groups is 1. The summed E-state index contributed by atoms with van der Waals surface area (Å²) < 4.78 is 5.28. The van der Waals surface area contributed by atoms with Gasteiger partial charge in [-0.1, -0.05) is 35.5 Å². The van der Waals surface area contributed by atoms with E-state index in [-0.39, 0.29) is 11.9 Å². The number of thioether (sulfide) groups is 1. The van der Waals surface area contributed by atoms with E-state index in [1.165, 1.54) is 36.0 Å². The van der Waals surface area contributed by atoms with Gasteiger partial charge in [0.2, 0.25) is 0 Å². The normalized spacial score (nSPS) is 14.3. The summed E-state index contributed by atoms with van der Waals surface area (Å²) in [6.45, 7) is 3.96. The Morgan fingerprint density at radius 1 is 1.14 bits per heavy atom. The van der Waals surface area contributed by atoms with Crippen molar-refractivity contribution in [3.63, 3.8) is 0 Å². The molecule has 1 N–H and O–H groups in total. The van der Waals surface area contributed by atoms with Crippen LogP contribution in [0.5, 0.6) is 0 Å². The number of benzene rings is 2. The SMILES string of the molecule is Cc1cc(CSc2ccccc2C(=O)NC(C)c2ccc3c(c2)CCCC3)on1. The van der Waals surface area contributed by atoms with Crippen molar-refractivity contribution in [3.05, 3.63) is 82.2 Å². The predicted molar refractivity (Wildman–Crippen MR) is 116 cm³/mol. The van der Waals surface area contributed by atoms with Crippen LogP contribution in [0.25, 0.3) is 0 Å². The molecule has 1 atom stereocenters. The minimum atomic E-state index is -0.0490. The highest BCUT2D eigenvalue weighted by atomic mass is 32.2. The van der Waals surface area contributed by atoms with E-state index in [0.29, 0.717) is 11.3 Å². The predicted octanol–water partition coefficient (Wildman–Crippen LogP) is 5.65. The van der Waals surface area contributed by atoms with Crippen LogP contribution in [0.3, 0.4) is 0 Å². The summed E-state index contributed by atoms with van der Waals surface area (Å²) in [6, 6.07) is 16.3. The molecule has 4 nitrogen and oxygen atoms in total. The fourth-order valence-corrected chi connectivity index (χ4v) is 4.72. The van der Waals surface area contributed by atoms with Crippen molar-refractivity contribution in [2.45, 2.75) is 56.2 Å². The summed E-state index contributed by atoms with van der Waals surface area (Å²) in [6.07, 6.45) is 4.85. The summed E-state index contributed by atoms with van der Waals surface area (Å²) in [5.41, 5.74) is 5.63. The van der Waals surface area contributed by atoms with Gasteiger partial charge in [-0.2, -0.15) is 0 Å². The number of hydrogen-bond donors (Lipinski definition) is 1. The van der Waals surface area contributed by atoms with Gasteiger partial charge in [0, 0.05) is 11.0 Å². The number of nitrogens with one attached hydrogen (secondary N) is 1. The van der Waals surface area contributed by atoms with E-state index in [9.17, 15) is 4.79 Å². The fraction of sp³-hybridized carbons (Fsp3) is 0.333. The highest BCUT2D eigenvalue weighted by Crippen LogP contribution is 2.28. The van der Waals surface area contributed by atoms with Crippen LogP contribution in [0, 0.1) is 6.92 Å². The largest absolute Gasteiger partial charge is 0.360 e. The maximum absolute atomic E-state index is 13.0. The van der Waals surface area contributed by atoms with Crippen LogP contribution in [0.4, 0.5) is 0 Å². The summed E-state index contributed by atoms with van der Waals surface area (Å²) in [4.78, 5) is 13.9. The summed E-state index contributed by atoms with van der Waals surface area (Å²) in [5, 5.41) is 7.10. The van der Waals surface area contributed by atoms with Crippen LogP contribution in [0.15, 0.2) is 57.9 Å². The second kappa shape index (κ2) is 8.87. The molecule has 2 aromatic carbocycles. The molecule has 1 heterocycles. The molecule has 1 aliphatic carbocycles. The second-order valence-corrected chi connectivity index (χ2v) is 8.67. The van der Waals surface area contributed by atoms with Crippen LogP contribution < -0.4 is 5.32 Å². The third kappa shape index (κ3) is 4.73. The van der Waals surface area contributed by atoms with Gasteiger partial charge in [0.05, 0.1) is 23.1 Å². The molecule has 5 heteroatoms. The smallest absolute Gasteiger partial charge is 0.252 e. The minimum Gasteiger partial charge on any atom is -0.360 e. The van der Waals surface area contributed by atoms with Crippen molar-refractivity contribution in [3.8, 4) is 0 Å². The Labute approximate surface area is 176 Å². The zero-order valence-electron chi connectivity index (χ0n) is 16.9. The molecule has 1 aliphatic rings. The van der Waals surface area contributed by atoms with Gasteiger partial charge >= 0.3 is 0 Å². The van der Waals surface area contributed by atoms with Gasteiger partial charge in [-0.25, -0.2) is 0 Å². The van der Waals surface area contributed by atoms with Gasteiger partial charge in [0.15, 0.2) is 0 Å². The second-order valence-electron chi connectivity index (χ2n) is 7.65. The zero-order valence-corrected chi connectivity index (χ0v) is 17.7. The average molecular weight is 407 g/mol. The molecule has 0 bridgehead atoms. The van der Waals surface area contributed by atoms with Crippen LogP contribution in [-0.4, -0.2) is 11.1 Å². The molecule has 0 saturated carbocycles. The van der Waals surface area contributed by atoms with Gasteiger partial charge in [0.25, 0.3) is 5.91 Å². The number of hydrogen-bond acceptors (Lipinski definition) is 4. The number of fused-ring (bicyclic) bond motifs is 1. The number of rotatable bonds is 6. The number of aromatic nitrogens is 1. The third-order valence-corrected chi connectivity index (χ3v) is 6.49. The lowest BCUT2D eigenvalue weighted by Crippen LogP contribution is -2.27. The molecule has 4 rings (SSSR count). The summed E-state index contributed by atoms with van der Waals surface area (Å²) in [5.74, 6) is 1.41. The Bertz CT molecular complexity index is 1010. The monoisotopic (exact) mass is 406 g/mol. The molecular formula is C24H26N2O2S. The quantitative estimate of drug-likeness (QED) is 0.538. The highest BCUT2D eigenvalue weighted by Gasteiger charge is 2.17. The summed E-state index contributed by atoms with van der Waals surface area (Å²) >= 11 is 1.59. The van der Waals surface area contributed by atoms with Crippen LogP contribution in [-0.2, 0) is 18.6 Å². The standard InChI is InChI=1S/C24H26N2O2S/c1-16-13-21(28-26-16)15-29-23-10-6-5-9-22(23)24(27)25-17(2)19-12-11-18-7-3-4-8-20(18)14-19/h5-6,9-14,17H,3-4,7-8,15H2,1-2H3,(H,25,27). The number of nitrogens with zero attached hydrogens (tertiary/aromatic N) is 1. The third-order valence-electron chi connectivity index (χ3n) is 5.40. The van der Waals surface area contributed by atoms with Crippen LogP contribution in [0.2, 0.25) is 0 Å². The number of carbonyl (C=O) groups excluding carboxylic acids is 1. The van der Waals surface area contributed by atoms with Crippen molar-refractivity contribution in [1.29, 1.82) is 0 Å². The van der Waals surface area contributed by atoms with Gasteiger partial charge in [-0.3, -0.25) is 4.79 Å². The maximum Gasteiger partial charge on any atom is 0.252 e. The first-order valence-corrected chi connectivity index (χ1v) is 11.2. The van der Waals surface area contributed by atoms with Crippen molar-refractivity contribution in [2.24, 2.45) is 0 Å². The van der Waals surface area contributed by atoms with Gasteiger partial charge in [-0.05, 0) is 68.4 Å². The highest BCUT2D eigenvalue weighted by molar-refractivity contribution is 7.98. The van der Waals surface area contributed by atoms with E-state index in [2.05, 4.69) is 35.6 Å². The first kappa shape index (κ1) is 19.8. The van der Waals surface area contributed by atoms with Crippen molar-refractivity contribution in [1.82, 2.24) is 10.5 Å². The molecule has 0 fully saturated rings.